The second kappa shape index (κ2) is 4.73. The van der Waals surface area contributed by atoms with E-state index in [0.717, 1.165) is 19.4 Å². The molecular formula is C11H19N5O. The van der Waals surface area contributed by atoms with Gasteiger partial charge in [-0.25, -0.2) is 9.67 Å². The van der Waals surface area contributed by atoms with Crippen molar-refractivity contribution in [3.8, 4) is 0 Å². The molecule has 2 rings (SSSR count). The van der Waals surface area contributed by atoms with Gasteiger partial charge in [-0.15, -0.1) is 5.10 Å². The SMILES string of the molecule is CC(C)C1CCCN1C(=O)Cn1cnc(N)n1. The Hall–Kier alpha value is -1.59. The van der Waals surface area contributed by atoms with Crippen LogP contribution in [0.3, 0.4) is 0 Å². The van der Waals surface area contributed by atoms with Crippen LogP contribution in [0.4, 0.5) is 5.95 Å². The number of nitrogens with zero attached hydrogens (tertiary/aromatic N) is 4. The molecule has 0 bridgehead atoms. The Bertz CT molecular complexity index is 400. The summed E-state index contributed by atoms with van der Waals surface area (Å²) in [5, 5.41) is 3.93. The van der Waals surface area contributed by atoms with E-state index in [1.165, 1.54) is 11.0 Å². The van der Waals surface area contributed by atoms with E-state index in [0.29, 0.717) is 12.0 Å². The zero-order chi connectivity index (χ0) is 12.4. The van der Waals surface area contributed by atoms with Crippen molar-refractivity contribution in [3.05, 3.63) is 6.33 Å². The summed E-state index contributed by atoms with van der Waals surface area (Å²) < 4.78 is 1.49. The van der Waals surface area contributed by atoms with Crippen molar-refractivity contribution in [2.45, 2.75) is 39.3 Å². The van der Waals surface area contributed by atoms with Crippen molar-refractivity contribution >= 4 is 11.9 Å². The monoisotopic (exact) mass is 237 g/mol. The van der Waals surface area contributed by atoms with Crippen LogP contribution in [0.25, 0.3) is 0 Å². The first-order valence-corrected chi connectivity index (χ1v) is 6.02. The fraction of sp³-hybridized carbons (Fsp3) is 0.727. The van der Waals surface area contributed by atoms with Crippen LogP contribution in [-0.4, -0.2) is 38.2 Å². The van der Waals surface area contributed by atoms with Crippen molar-refractivity contribution in [1.29, 1.82) is 0 Å². The molecule has 0 radical (unpaired) electrons. The molecule has 17 heavy (non-hydrogen) atoms. The van der Waals surface area contributed by atoms with Gasteiger partial charge >= 0.3 is 0 Å². The third-order valence-corrected chi connectivity index (χ3v) is 3.24. The predicted molar refractivity (Wildman–Crippen MR) is 64.0 cm³/mol. The van der Waals surface area contributed by atoms with Gasteiger partial charge in [-0.2, -0.15) is 0 Å². The maximum atomic E-state index is 12.1. The van der Waals surface area contributed by atoms with Crippen LogP contribution in [0, 0.1) is 5.92 Å². The van der Waals surface area contributed by atoms with Crippen LogP contribution >= 0.6 is 0 Å². The number of hydrogen-bond acceptors (Lipinski definition) is 4. The first-order valence-electron chi connectivity index (χ1n) is 6.02. The summed E-state index contributed by atoms with van der Waals surface area (Å²) in [6.07, 6.45) is 3.69. The molecule has 1 atom stereocenters. The third-order valence-electron chi connectivity index (χ3n) is 3.24. The normalized spacial score (nSPS) is 20.2. The smallest absolute Gasteiger partial charge is 0.244 e. The second-order valence-corrected chi connectivity index (χ2v) is 4.84. The van der Waals surface area contributed by atoms with Crippen molar-refractivity contribution in [1.82, 2.24) is 19.7 Å². The van der Waals surface area contributed by atoms with Crippen molar-refractivity contribution in [2.75, 3.05) is 12.3 Å². The van der Waals surface area contributed by atoms with E-state index in [9.17, 15) is 4.79 Å². The zero-order valence-electron chi connectivity index (χ0n) is 10.3. The molecule has 0 aromatic carbocycles. The number of hydrogen-bond donors (Lipinski definition) is 1. The Kier molecular flexibility index (Phi) is 3.31. The number of amides is 1. The molecule has 1 aromatic rings. The molecule has 6 nitrogen and oxygen atoms in total. The average Bonchev–Trinajstić information content (AvgIpc) is 2.86. The van der Waals surface area contributed by atoms with Gasteiger partial charge in [-0.1, -0.05) is 13.8 Å². The highest BCUT2D eigenvalue weighted by Crippen LogP contribution is 2.23. The molecule has 0 spiro atoms. The van der Waals surface area contributed by atoms with Gasteiger partial charge in [0.05, 0.1) is 0 Å². The summed E-state index contributed by atoms with van der Waals surface area (Å²) in [6, 6.07) is 0.364. The minimum atomic E-state index is 0.103. The molecule has 6 heteroatoms. The van der Waals surface area contributed by atoms with E-state index >= 15 is 0 Å². The first kappa shape index (κ1) is 11.9. The van der Waals surface area contributed by atoms with Crippen molar-refractivity contribution in [3.63, 3.8) is 0 Å². The van der Waals surface area contributed by atoms with Crippen LogP contribution in [0.5, 0.6) is 0 Å². The van der Waals surface area contributed by atoms with Gasteiger partial charge in [0, 0.05) is 12.6 Å². The Labute approximate surface area is 101 Å². The summed E-state index contributed by atoms with van der Waals surface area (Å²) in [6.45, 7) is 5.40. The molecular weight excluding hydrogens is 218 g/mol. The lowest BCUT2D eigenvalue weighted by Crippen LogP contribution is -2.40. The molecule has 1 aliphatic rings. The summed E-state index contributed by atoms with van der Waals surface area (Å²) >= 11 is 0. The number of anilines is 1. The fourth-order valence-electron chi connectivity index (χ4n) is 2.41. The van der Waals surface area contributed by atoms with Crippen LogP contribution in [-0.2, 0) is 11.3 Å². The molecule has 1 amide bonds. The lowest BCUT2D eigenvalue weighted by molar-refractivity contribution is -0.133. The Balaban J connectivity index is 2.00. The van der Waals surface area contributed by atoms with Gasteiger partial charge in [0.15, 0.2) is 0 Å². The number of carbonyl (C=O) groups excluding carboxylic acids is 1. The number of carbonyl (C=O) groups is 1. The van der Waals surface area contributed by atoms with E-state index in [1.807, 2.05) is 4.90 Å². The molecule has 94 valence electrons. The van der Waals surface area contributed by atoms with E-state index < -0.39 is 0 Å². The largest absolute Gasteiger partial charge is 0.367 e. The average molecular weight is 237 g/mol. The molecule has 1 fully saturated rings. The van der Waals surface area contributed by atoms with Gasteiger partial charge in [0.1, 0.15) is 12.9 Å². The highest BCUT2D eigenvalue weighted by molar-refractivity contribution is 5.76. The van der Waals surface area contributed by atoms with Gasteiger partial charge in [-0.3, -0.25) is 4.79 Å². The molecule has 0 saturated carbocycles. The number of likely N-dealkylation sites (tertiary alicyclic amines) is 1. The maximum Gasteiger partial charge on any atom is 0.244 e. The van der Waals surface area contributed by atoms with Crippen molar-refractivity contribution in [2.24, 2.45) is 5.92 Å². The summed E-state index contributed by atoms with van der Waals surface area (Å²) in [5.74, 6) is 0.813. The molecule has 0 aliphatic carbocycles. The molecule has 2 heterocycles. The predicted octanol–water partition coefficient (Wildman–Crippen LogP) is 0.507. The maximum absolute atomic E-state index is 12.1. The van der Waals surface area contributed by atoms with E-state index in [-0.39, 0.29) is 18.4 Å². The van der Waals surface area contributed by atoms with Gasteiger partial charge < -0.3 is 10.6 Å². The lowest BCUT2D eigenvalue weighted by atomic mass is 10.0. The highest BCUT2D eigenvalue weighted by atomic mass is 16.2. The van der Waals surface area contributed by atoms with Crippen LogP contribution in [0.2, 0.25) is 0 Å². The van der Waals surface area contributed by atoms with Gasteiger partial charge in [0.25, 0.3) is 0 Å². The Morgan fingerprint density at radius 1 is 1.65 bits per heavy atom. The molecule has 2 N–H and O–H groups in total. The third kappa shape index (κ3) is 2.57. The highest BCUT2D eigenvalue weighted by Gasteiger charge is 2.30. The molecule has 1 unspecified atom stereocenters. The fourth-order valence-corrected chi connectivity index (χ4v) is 2.41. The standard InChI is InChI=1S/C11H19N5O/c1-8(2)9-4-3-5-16(9)10(17)6-15-7-13-11(12)14-15/h7-9H,3-6H2,1-2H3,(H2,12,14). The summed E-state index contributed by atoms with van der Waals surface area (Å²) in [7, 11) is 0. The first-order chi connectivity index (χ1) is 8.08. The molecule has 1 aliphatic heterocycles. The topological polar surface area (TPSA) is 77.0 Å². The molecule has 1 saturated heterocycles. The zero-order valence-corrected chi connectivity index (χ0v) is 10.3. The van der Waals surface area contributed by atoms with Crippen LogP contribution < -0.4 is 5.73 Å². The quantitative estimate of drug-likeness (QED) is 0.830. The number of rotatable bonds is 3. The van der Waals surface area contributed by atoms with E-state index in [1.54, 1.807) is 0 Å². The Morgan fingerprint density at radius 3 is 3.00 bits per heavy atom. The van der Waals surface area contributed by atoms with Gasteiger partial charge in [-0.05, 0) is 18.8 Å². The minimum Gasteiger partial charge on any atom is -0.367 e. The van der Waals surface area contributed by atoms with Crippen LogP contribution in [0.1, 0.15) is 26.7 Å². The second-order valence-electron chi connectivity index (χ2n) is 4.84. The summed E-state index contributed by atoms with van der Waals surface area (Å²) in [4.78, 5) is 17.9. The molecule has 1 aromatic heterocycles. The van der Waals surface area contributed by atoms with Gasteiger partial charge in [0.2, 0.25) is 11.9 Å². The lowest BCUT2D eigenvalue weighted by Gasteiger charge is -2.27. The Morgan fingerprint density at radius 2 is 2.41 bits per heavy atom. The summed E-state index contributed by atoms with van der Waals surface area (Å²) in [5.41, 5.74) is 5.42. The van der Waals surface area contributed by atoms with Crippen molar-refractivity contribution < 1.29 is 4.79 Å². The minimum absolute atomic E-state index is 0.103. The number of aromatic nitrogens is 3. The number of nitrogens with two attached hydrogens (primary N) is 1. The van der Waals surface area contributed by atoms with E-state index in [2.05, 4.69) is 23.9 Å². The van der Waals surface area contributed by atoms with Crippen LogP contribution in [0.15, 0.2) is 6.33 Å². The number of nitrogen functional groups attached to an aromatic ring is 1. The van der Waals surface area contributed by atoms with E-state index in [4.69, 9.17) is 5.73 Å².